The molecule has 2 aromatic heterocycles. The molecule has 0 aliphatic heterocycles. The molecule has 0 spiro atoms. The van der Waals surface area contributed by atoms with E-state index in [1.807, 2.05) is 31.2 Å². The number of carbonyl (C=O) groups excluding carboxylic acids is 1. The molecule has 0 radical (unpaired) electrons. The predicted molar refractivity (Wildman–Crippen MR) is 121 cm³/mol. The number of nitrogens with zero attached hydrogens (tertiary/aromatic N) is 3. The molecule has 7 heteroatoms. The van der Waals surface area contributed by atoms with Gasteiger partial charge >= 0.3 is 0 Å². The van der Waals surface area contributed by atoms with E-state index in [1.165, 1.54) is 4.68 Å². The van der Waals surface area contributed by atoms with Crippen molar-refractivity contribution in [3.63, 3.8) is 0 Å². The van der Waals surface area contributed by atoms with Crippen LogP contribution in [-0.2, 0) is 17.8 Å². The average Bonchev–Trinajstić information content (AvgIpc) is 3.07. The zero-order valence-electron chi connectivity index (χ0n) is 17.5. The van der Waals surface area contributed by atoms with Crippen molar-refractivity contribution in [2.24, 2.45) is 0 Å². The third-order valence-corrected chi connectivity index (χ3v) is 5.00. The van der Waals surface area contributed by atoms with Crippen LogP contribution in [0, 0.1) is 0 Å². The van der Waals surface area contributed by atoms with Gasteiger partial charge in [0.05, 0.1) is 17.7 Å². The number of nitrogens with one attached hydrogen (secondary N) is 1. The Hall–Kier alpha value is -3.87. The smallest absolute Gasteiger partial charge is 0.280 e. The lowest BCUT2D eigenvalue weighted by Gasteiger charge is -2.13. The fourth-order valence-corrected chi connectivity index (χ4v) is 3.54. The highest BCUT2D eigenvalue weighted by molar-refractivity contribution is 5.91. The van der Waals surface area contributed by atoms with Gasteiger partial charge < -0.3 is 10.1 Å². The number of hydrogen-bond acceptors (Lipinski definition) is 4. The van der Waals surface area contributed by atoms with E-state index in [0.29, 0.717) is 29.0 Å². The van der Waals surface area contributed by atoms with Crippen LogP contribution in [0.2, 0.25) is 0 Å². The van der Waals surface area contributed by atoms with Gasteiger partial charge in [-0.1, -0.05) is 19.1 Å². The summed E-state index contributed by atoms with van der Waals surface area (Å²) in [6, 6.07) is 18.4. The maximum atomic E-state index is 13.1. The van der Waals surface area contributed by atoms with Gasteiger partial charge in [-0.25, -0.2) is 9.67 Å². The number of pyridine rings is 1. The molecule has 0 saturated carbocycles. The molecule has 0 bridgehead atoms. The largest absolute Gasteiger partial charge is 0.494 e. The lowest BCUT2D eigenvalue weighted by atomic mass is 10.1. The molecular weight excluding hydrogens is 392 g/mol. The lowest BCUT2D eigenvalue weighted by molar-refractivity contribution is -0.116. The van der Waals surface area contributed by atoms with Crippen molar-refractivity contribution in [2.75, 3.05) is 11.9 Å². The third kappa shape index (κ3) is 4.21. The Kier molecular flexibility index (Phi) is 5.84. The SMILES string of the molecule is CCOc1ccc(NC(=O)Cn2c3ncccc3c(=O)n2-c2cccc(CC)c2)cc1. The van der Waals surface area contributed by atoms with E-state index >= 15 is 0 Å². The quantitative estimate of drug-likeness (QED) is 0.497. The van der Waals surface area contributed by atoms with E-state index < -0.39 is 0 Å². The van der Waals surface area contributed by atoms with Gasteiger partial charge in [0.2, 0.25) is 5.91 Å². The van der Waals surface area contributed by atoms with Crippen molar-refractivity contribution in [3.8, 4) is 11.4 Å². The number of fused-ring (bicyclic) bond motifs is 1. The Balaban J connectivity index is 1.69. The molecule has 4 aromatic rings. The van der Waals surface area contributed by atoms with Crippen LogP contribution in [0.5, 0.6) is 5.75 Å². The summed E-state index contributed by atoms with van der Waals surface area (Å²) in [5.74, 6) is 0.484. The van der Waals surface area contributed by atoms with E-state index in [9.17, 15) is 9.59 Å². The normalized spacial score (nSPS) is 10.9. The minimum absolute atomic E-state index is 0.0562. The minimum Gasteiger partial charge on any atom is -0.494 e. The van der Waals surface area contributed by atoms with Gasteiger partial charge in [0, 0.05) is 11.9 Å². The molecule has 0 fully saturated rings. The molecule has 4 rings (SSSR count). The second-order valence-electron chi connectivity index (χ2n) is 7.08. The molecule has 31 heavy (non-hydrogen) atoms. The second-order valence-corrected chi connectivity index (χ2v) is 7.08. The van der Waals surface area contributed by atoms with Crippen molar-refractivity contribution in [1.82, 2.24) is 14.3 Å². The zero-order chi connectivity index (χ0) is 21.8. The fourth-order valence-electron chi connectivity index (χ4n) is 3.54. The van der Waals surface area contributed by atoms with Crippen LogP contribution in [0.3, 0.4) is 0 Å². The van der Waals surface area contributed by atoms with Gasteiger partial charge in [0.15, 0.2) is 5.65 Å². The van der Waals surface area contributed by atoms with Gasteiger partial charge in [0.25, 0.3) is 5.56 Å². The van der Waals surface area contributed by atoms with Gasteiger partial charge in [-0.05, 0) is 67.4 Å². The van der Waals surface area contributed by atoms with Gasteiger partial charge in [-0.15, -0.1) is 0 Å². The molecule has 1 N–H and O–H groups in total. The Morgan fingerprint density at radius 2 is 1.87 bits per heavy atom. The van der Waals surface area contributed by atoms with E-state index in [4.69, 9.17) is 4.74 Å². The third-order valence-electron chi connectivity index (χ3n) is 5.00. The van der Waals surface area contributed by atoms with Crippen LogP contribution in [0.15, 0.2) is 71.7 Å². The molecule has 0 saturated heterocycles. The number of ether oxygens (including phenoxy) is 1. The predicted octanol–water partition coefficient (Wildman–Crippen LogP) is 3.79. The zero-order valence-corrected chi connectivity index (χ0v) is 17.5. The summed E-state index contributed by atoms with van der Waals surface area (Å²) in [6.45, 7) is 4.50. The van der Waals surface area contributed by atoms with E-state index in [1.54, 1.807) is 47.3 Å². The number of anilines is 1. The monoisotopic (exact) mass is 416 g/mol. The number of rotatable bonds is 7. The first-order chi connectivity index (χ1) is 15.1. The van der Waals surface area contributed by atoms with Crippen molar-refractivity contribution >= 4 is 22.6 Å². The number of aromatic nitrogens is 3. The Bertz CT molecular complexity index is 1270. The highest BCUT2D eigenvalue weighted by Crippen LogP contribution is 2.17. The first-order valence-corrected chi connectivity index (χ1v) is 10.3. The van der Waals surface area contributed by atoms with E-state index in [2.05, 4.69) is 17.2 Å². The molecule has 1 amide bonds. The first kappa shape index (κ1) is 20.4. The van der Waals surface area contributed by atoms with Crippen LogP contribution in [-0.4, -0.2) is 26.9 Å². The molecule has 2 aromatic carbocycles. The summed E-state index contributed by atoms with van der Waals surface area (Å²) in [5.41, 5.74) is 2.73. The molecular formula is C24H24N4O3. The topological polar surface area (TPSA) is 78.2 Å². The van der Waals surface area contributed by atoms with Crippen LogP contribution >= 0.6 is 0 Å². The van der Waals surface area contributed by atoms with Crippen molar-refractivity contribution < 1.29 is 9.53 Å². The van der Waals surface area contributed by atoms with Gasteiger partial charge in [-0.3, -0.25) is 14.3 Å². The minimum atomic E-state index is -0.257. The van der Waals surface area contributed by atoms with Crippen LogP contribution in [0.1, 0.15) is 19.4 Å². The summed E-state index contributed by atoms with van der Waals surface area (Å²) >= 11 is 0. The number of carbonyl (C=O) groups is 1. The molecule has 158 valence electrons. The maximum Gasteiger partial charge on any atom is 0.280 e. The summed E-state index contributed by atoms with van der Waals surface area (Å²) in [7, 11) is 0. The number of hydrogen-bond donors (Lipinski definition) is 1. The Morgan fingerprint density at radius 1 is 1.06 bits per heavy atom. The molecule has 2 heterocycles. The summed E-state index contributed by atoms with van der Waals surface area (Å²) in [4.78, 5) is 30.4. The van der Waals surface area contributed by atoms with E-state index in [-0.39, 0.29) is 18.0 Å². The highest BCUT2D eigenvalue weighted by atomic mass is 16.5. The first-order valence-electron chi connectivity index (χ1n) is 10.3. The Morgan fingerprint density at radius 3 is 2.61 bits per heavy atom. The molecule has 7 nitrogen and oxygen atoms in total. The summed E-state index contributed by atoms with van der Waals surface area (Å²) < 4.78 is 8.58. The van der Waals surface area contributed by atoms with Gasteiger partial charge in [-0.2, -0.15) is 0 Å². The van der Waals surface area contributed by atoms with Gasteiger partial charge in [0.1, 0.15) is 12.3 Å². The van der Waals surface area contributed by atoms with Crippen LogP contribution < -0.4 is 15.6 Å². The maximum absolute atomic E-state index is 13.1. The number of amides is 1. The number of benzene rings is 2. The second kappa shape index (κ2) is 8.87. The van der Waals surface area contributed by atoms with Crippen molar-refractivity contribution in [1.29, 1.82) is 0 Å². The lowest BCUT2D eigenvalue weighted by Crippen LogP contribution is -2.27. The summed E-state index contributed by atoms with van der Waals surface area (Å²) in [5, 5.41) is 3.35. The van der Waals surface area contributed by atoms with Crippen LogP contribution in [0.25, 0.3) is 16.7 Å². The van der Waals surface area contributed by atoms with Crippen LogP contribution in [0.4, 0.5) is 5.69 Å². The molecule has 0 aliphatic carbocycles. The number of aryl methyl sites for hydroxylation is 1. The average molecular weight is 416 g/mol. The molecule has 0 aliphatic rings. The molecule has 0 atom stereocenters. The van der Waals surface area contributed by atoms with E-state index in [0.717, 1.165) is 17.7 Å². The summed E-state index contributed by atoms with van der Waals surface area (Å²) in [6.07, 6.45) is 2.47. The molecule has 0 unspecified atom stereocenters. The van der Waals surface area contributed by atoms with Crippen molar-refractivity contribution in [3.05, 3.63) is 82.8 Å². The Labute approximate surface area is 179 Å². The van der Waals surface area contributed by atoms with Crippen molar-refractivity contribution in [2.45, 2.75) is 26.8 Å². The fraction of sp³-hybridized carbons (Fsp3) is 0.208. The standard InChI is InChI=1S/C24H24N4O3/c1-3-17-7-5-8-19(15-17)28-24(30)21-9-6-14-25-23(21)27(28)16-22(29)26-18-10-12-20(13-11-18)31-4-2/h5-15H,3-4,16H2,1-2H3,(H,26,29). The highest BCUT2D eigenvalue weighted by Gasteiger charge is 2.18.